The van der Waals surface area contributed by atoms with Crippen molar-refractivity contribution >= 4 is 42.8 Å². The van der Waals surface area contributed by atoms with Crippen LogP contribution >= 0.6 is 22.7 Å². The van der Waals surface area contributed by atoms with Crippen molar-refractivity contribution in [2.45, 2.75) is 10.8 Å². The second kappa shape index (κ2) is 24.5. The number of aromatic nitrogens is 3. The number of pyridine rings is 1. The van der Waals surface area contributed by atoms with Gasteiger partial charge in [0.25, 0.3) is 0 Å². The van der Waals surface area contributed by atoms with Gasteiger partial charge in [-0.15, -0.1) is 22.7 Å². The molecule has 4 heterocycles. The molecule has 3 nitrogen and oxygen atoms in total. The Hall–Kier alpha value is -13.6. The first-order chi connectivity index (χ1) is 54.5. The van der Waals surface area contributed by atoms with Gasteiger partial charge in [-0.2, -0.15) is 0 Å². The zero-order valence-electron chi connectivity index (χ0n) is 59.5. The van der Waals surface area contributed by atoms with E-state index < -0.39 is 10.8 Å². The van der Waals surface area contributed by atoms with Crippen LogP contribution in [-0.2, 0) is 10.8 Å². The molecule has 5 heteroatoms. The van der Waals surface area contributed by atoms with Crippen LogP contribution in [-0.4, -0.2) is 15.0 Å². The second-order valence-corrected chi connectivity index (χ2v) is 31.6. The number of benzene rings is 15. The lowest BCUT2D eigenvalue weighted by Crippen LogP contribution is -2.24. The number of hydrogen-bond acceptors (Lipinski definition) is 5. The molecule has 4 aromatic heterocycles. The normalized spacial score (nSPS) is 13.2. The summed E-state index contributed by atoms with van der Waals surface area (Å²) >= 11 is 3.88. The van der Waals surface area contributed by atoms with Crippen molar-refractivity contribution < 1.29 is 0 Å². The van der Waals surface area contributed by atoms with Gasteiger partial charge in [0.2, 0.25) is 0 Å². The summed E-state index contributed by atoms with van der Waals surface area (Å²) in [5.74, 6) is 0.688. The van der Waals surface area contributed by atoms with Gasteiger partial charge < -0.3 is 0 Å². The third-order valence-corrected chi connectivity index (χ3v) is 26.4. The van der Waals surface area contributed by atoms with E-state index in [0.29, 0.717) is 5.82 Å². The molecular formula is C105H63N3S2. The van der Waals surface area contributed by atoms with Crippen molar-refractivity contribution in [3.05, 3.63) is 425 Å². The zero-order valence-corrected chi connectivity index (χ0v) is 61.2. The maximum absolute atomic E-state index is 5.72. The average Bonchev–Trinajstić information content (AvgIpc) is 1.50. The molecule has 23 rings (SSSR count). The highest BCUT2D eigenvalue weighted by Crippen LogP contribution is 2.69. The number of rotatable bonds is 10. The maximum Gasteiger partial charge on any atom is 0.161 e. The summed E-state index contributed by atoms with van der Waals surface area (Å²) in [5, 5.41) is 2.58. The van der Waals surface area contributed by atoms with Crippen LogP contribution < -0.4 is 0 Å². The molecule has 0 radical (unpaired) electrons. The van der Waals surface area contributed by atoms with Crippen LogP contribution in [0.2, 0.25) is 0 Å². The lowest BCUT2D eigenvalue weighted by Gasteiger charge is -2.29. The van der Waals surface area contributed by atoms with E-state index in [9.17, 15) is 0 Å². The van der Waals surface area contributed by atoms with Crippen molar-refractivity contribution in [1.82, 2.24) is 15.0 Å². The van der Waals surface area contributed by atoms with E-state index in [1.807, 2.05) is 22.7 Å². The standard InChI is InChI=1S/C105H63N3S2/c1-3-21-64(22-4-1)66-45-51-71(52-46-66)92-61-77(70-43-41-69(42-44-70)75-57-58-82-91(60-75)105(101-98(82)83-31-11-17-39-96(83)109-101)88-36-15-9-29-80(88)81-30-10-16-37-89(81)105)62-93(106-92)72-55-49-68(50-56-72)74-25-19-26-76(59-74)95-63-94(73-53-47-67(48-54-73)65-23-5-2-6-24-65)107-103(108-95)85-33-20-38-90-99(85)100-84-32-12-18-40-97(84)110-102(100)104(90)86-34-13-7-27-78(86)79-28-8-14-35-87(79)104/h1-63H. The van der Waals surface area contributed by atoms with Crippen LogP contribution in [0.15, 0.2) is 382 Å². The number of fused-ring (bicyclic) bond motifs is 24. The van der Waals surface area contributed by atoms with E-state index in [4.69, 9.17) is 15.0 Å². The molecule has 0 unspecified atom stereocenters. The fourth-order valence-electron chi connectivity index (χ4n) is 18.8. The average molecular weight is 1430 g/mol. The number of nitrogens with zero attached hydrogens (tertiary/aromatic N) is 3. The smallest absolute Gasteiger partial charge is 0.161 e. The van der Waals surface area contributed by atoms with Crippen molar-refractivity contribution in [1.29, 1.82) is 0 Å². The van der Waals surface area contributed by atoms with Gasteiger partial charge in [0.15, 0.2) is 5.82 Å². The van der Waals surface area contributed by atoms with Gasteiger partial charge in [0.1, 0.15) is 0 Å². The fraction of sp³-hybridized carbons (Fsp3) is 0.0190. The van der Waals surface area contributed by atoms with Crippen LogP contribution in [0.3, 0.4) is 0 Å². The summed E-state index contributed by atoms with van der Waals surface area (Å²) in [7, 11) is 0. The lowest BCUT2D eigenvalue weighted by atomic mass is 9.73. The van der Waals surface area contributed by atoms with Crippen LogP contribution in [0.5, 0.6) is 0 Å². The van der Waals surface area contributed by atoms with Gasteiger partial charge in [0.05, 0.1) is 33.6 Å². The molecule has 0 aliphatic heterocycles. The van der Waals surface area contributed by atoms with Gasteiger partial charge >= 0.3 is 0 Å². The molecule has 2 spiro atoms. The maximum atomic E-state index is 5.72. The molecule has 0 N–H and O–H groups in total. The van der Waals surface area contributed by atoms with Crippen LogP contribution in [0.1, 0.15) is 43.1 Å². The molecule has 4 aliphatic carbocycles. The predicted octanol–water partition coefficient (Wildman–Crippen LogP) is 27.7. The minimum absolute atomic E-state index is 0.423. The summed E-state index contributed by atoms with van der Waals surface area (Å²) in [6.07, 6.45) is 0. The minimum Gasteiger partial charge on any atom is -0.248 e. The van der Waals surface area contributed by atoms with E-state index in [1.165, 1.54) is 136 Å². The summed E-state index contributed by atoms with van der Waals surface area (Å²) in [6.45, 7) is 0. The quantitative estimate of drug-likeness (QED) is 0.137. The zero-order chi connectivity index (χ0) is 72.2. The van der Waals surface area contributed by atoms with Crippen molar-refractivity contribution in [2.75, 3.05) is 0 Å². The van der Waals surface area contributed by atoms with E-state index in [2.05, 4.69) is 382 Å². The first kappa shape index (κ1) is 62.6. The van der Waals surface area contributed by atoms with Gasteiger partial charge in [-0.25, -0.2) is 15.0 Å². The SMILES string of the molecule is c1ccc(-c2ccc(-c3cc(-c4ccc(-c5ccc6c(c5)C5(c7ccccc7-c7ccccc75)c5sc7ccccc7c5-6)cc4)cc(-c4ccc(-c5cccc(-c6cc(-c7ccc(-c8ccccc8)cc7)nc(-c7cccc8c7-c7c(sc9ccccc79)C87c8ccccc8-c8ccccc87)n6)c5)cc4)n3)cc2)cc1. The number of hydrogen-bond donors (Lipinski definition) is 0. The van der Waals surface area contributed by atoms with E-state index in [-0.39, 0.29) is 0 Å². The Labute approximate surface area is 645 Å². The fourth-order valence-corrected chi connectivity index (χ4v) is 21.7. The lowest BCUT2D eigenvalue weighted by molar-refractivity contribution is 0.812. The highest BCUT2D eigenvalue weighted by Gasteiger charge is 2.55. The molecule has 0 bridgehead atoms. The third-order valence-electron chi connectivity index (χ3n) is 23.8. The molecule has 4 aliphatic rings. The molecule has 0 atom stereocenters. The van der Waals surface area contributed by atoms with Gasteiger partial charge in [0, 0.05) is 68.9 Å². The molecular weight excluding hydrogens is 1370 g/mol. The Morgan fingerprint density at radius 1 is 0.182 bits per heavy atom. The van der Waals surface area contributed by atoms with Crippen molar-refractivity contribution in [3.63, 3.8) is 0 Å². The van der Waals surface area contributed by atoms with Gasteiger partial charge in [-0.05, 0) is 165 Å². The minimum atomic E-state index is -0.515. The number of thiophene rings is 2. The first-order valence-corrected chi connectivity index (χ1v) is 39.4. The summed E-state index contributed by atoms with van der Waals surface area (Å²) in [5.41, 5.74) is 37.5. The summed E-state index contributed by atoms with van der Waals surface area (Å²) in [6, 6.07) is 141. The topological polar surface area (TPSA) is 38.7 Å². The molecule has 15 aromatic carbocycles. The van der Waals surface area contributed by atoms with Crippen LogP contribution in [0, 0.1) is 0 Å². The van der Waals surface area contributed by atoms with Crippen molar-refractivity contribution in [2.24, 2.45) is 0 Å². The van der Waals surface area contributed by atoms with Gasteiger partial charge in [-0.1, -0.05) is 340 Å². The van der Waals surface area contributed by atoms with E-state index in [0.717, 1.165) is 78.4 Å². The van der Waals surface area contributed by atoms with Crippen LogP contribution in [0.4, 0.5) is 0 Å². The Kier molecular flexibility index (Phi) is 13.9. The van der Waals surface area contributed by atoms with Gasteiger partial charge in [-0.3, -0.25) is 0 Å². The van der Waals surface area contributed by atoms with Crippen molar-refractivity contribution in [3.8, 4) is 157 Å². The Morgan fingerprint density at radius 3 is 1.04 bits per heavy atom. The molecule has 19 aromatic rings. The molecule has 0 fully saturated rings. The second-order valence-electron chi connectivity index (χ2n) is 29.5. The Morgan fingerprint density at radius 2 is 0.518 bits per heavy atom. The highest BCUT2D eigenvalue weighted by atomic mass is 32.1. The largest absolute Gasteiger partial charge is 0.248 e. The first-order valence-electron chi connectivity index (χ1n) is 37.8. The molecule has 0 saturated heterocycles. The summed E-state index contributed by atoms with van der Waals surface area (Å²) in [4.78, 5) is 19.7. The Bertz CT molecular complexity index is 6900. The molecule has 110 heavy (non-hydrogen) atoms. The molecule has 510 valence electrons. The van der Waals surface area contributed by atoms with E-state index in [1.54, 1.807) is 0 Å². The Balaban J connectivity index is 0.621. The summed E-state index contributed by atoms with van der Waals surface area (Å²) < 4.78 is 2.60. The molecule has 0 saturated carbocycles. The monoisotopic (exact) mass is 1430 g/mol. The predicted molar refractivity (Wildman–Crippen MR) is 458 cm³/mol. The van der Waals surface area contributed by atoms with E-state index >= 15 is 0 Å². The molecule has 0 amide bonds. The third kappa shape index (κ3) is 9.32. The highest BCUT2D eigenvalue weighted by molar-refractivity contribution is 7.20. The van der Waals surface area contributed by atoms with Crippen LogP contribution in [0.25, 0.3) is 177 Å².